The van der Waals surface area contributed by atoms with Gasteiger partial charge in [-0.3, -0.25) is 0 Å². The molecule has 3 fully saturated rings. The first kappa shape index (κ1) is 12.3. The van der Waals surface area contributed by atoms with E-state index in [1.807, 2.05) is 0 Å². The summed E-state index contributed by atoms with van der Waals surface area (Å²) in [7, 11) is 0. The number of aromatic nitrogens is 2. The van der Waals surface area contributed by atoms with E-state index in [0.717, 1.165) is 37.9 Å². The second kappa shape index (κ2) is 4.86. The highest BCUT2D eigenvalue weighted by atomic mass is 16.5. The molecule has 20 heavy (non-hydrogen) atoms. The molecule has 1 aromatic rings. The van der Waals surface area contributed by atoms with Crippen LogP contribution in [0.15, 0.2) is 12.4 Å². The van der Waals surface area contributed by atoms with Crippen LogP contribution in [0.1, 0.15) is 12.8 Å². The van der Waals surface area contributed by atoms with Crippen molar-refractivity contribution in [3.63, 3.8) is 0 Å². The van der Waals surface area contributed by atoms with Crippen LogP contribution < -0.4 is 15.5 Å². The van der Waals surface area contributed by atoms with E-state index < -0.39 is 0 Å². The molecule has 1 spiro atoms. The molecule has 0 unspecified atom stereocenters. The Morgan fingerprint density at radius 2 is 2.05 bits per heavy atom. The van der Waals surface area contributed by atoms with Crippen molar-refractivity contribution in [2.75, 3.05) is 49.6 Å². The molecule has 1 saturated carbocycles. The lowest BCUT2D eigenvalue weighted by Crippen LogP contribution is -2.63. The van der Waals surface area contributed by atoms with Crippen LogP contribution in [-0.2, 0) is 4.74 Å². The minimum absolute atomic E-state index is 0.574. The zero-order chi connectivity index (χ0) is 13.4. The van der Waals surface area contributed by atoms with Crippen LogP contribution in [0.25, 0.3) is 0 Å². The van der Waals surface area contributed by atoms with Crippen molar-refractivity contribution in [2.45, 2.75) is 18.9 Å². The standard InChI is InChI=1S/C14H21N5O/c1-3-20-4-2-19(1)13-5-12(16-10-17-13)18-11-6-14(7-11)8-15-9-14/h5,10-11,15H,1-4,6-9H2,(H,16,17,18). The lowest BCUT2D eigenvalue weighted by atomic mass is 9.62. The van der Waals surface area contributed by atoms with Crippen molar-refractivity contribution < 1.29 is 4.74 Å². The average Bonchev–Trinajstić information content (AvgIpc) is 2.42. The predicted molar refractivity (Wildman–Crippen MR) is 77.0 cm³/mol. The third-order valence-electron chi connectivity index (χ3n) is 4.70. The molecule has 3 aliphatic rings. The molecule has 3 heterocycles. The van der Waals surface area contributed by atoms with Gasteiger partial charge in [-0.05, 0) is 18.3 Å². The number of anilines is 2. The van der Waals surface area contributed by atoms with Crippen molar-refractivity contribution in [3.05, 3.63) is 12.4 Å². The number of morpholine rings is 1. The molecule has 2 saturated heterocycles. The molecule has 4 rings (SSSR count). The molecule has 6 heteroatoms. The Hall–Kier alpha value is -1.40. The molecule has 1 aromatic heterocycles. The van der Waals surface area contributed by atoms with Gasteiger partial charge in [0.2, 0.25) is 0 Å². The molecule has 0 aromatic carbocycles. The Kier molecular flexibility index (Phi) is 3.00. The third kappa shape index (κ3) is 2.23. The highest BCUT2D eigenvalue weighted by molar-refractivity contribution is 5.49. The monoisotopic (exact) mass is 275 g/mol. The van der Waals surface area contributed by atoms with Gasteiger partial charge in [0, 0.05) is 38.3 Å². The molecular formula is C14H21N5O. The summed E-state index contributed by atoms with van der Waals surface area (Å²) >= 11 is 0. The summed E-state index contributed by atoms with van der Waals surface area (Å²) in [6.45, 7) is 5.76. The predicted octanol–water partition coefficient (Wildman–Crippen LogP) is 0.477. The molecular weight excluding hydrogens is 254 g/mol. The van der Waals surface area contributed by atoms with E-state index >= 15 is 0 Å². The van der Waals surface area contributed by atoms with E-state index in [1.165, 1.54) is 25.9 Å². The topological polar surface area (TPSA) is 62.3 Å². The molecule has 0 atom stereocenters. The quantitative estimate of drug-likeness (QED) is 0.836. The molecule has 2 aliphatic heterocycles. The van der Waals surface area contributed by atoms with Gasteiger partial charge < -0.3 is 20.3 Å². The van der Waals surface area contributed by atoms with Crippen molar-refractivity contribution in [2.24, 2.45) is 5.41 Å². The van der Waals surface area contributed by atoms with E-state index in [1.54, 1.807) is 6.33 Å². The highest BCUT2D eigenvalue weighted by Gasteiger charge is 2.48. The van der Waals surface area contributed by atoms with E-state index in [9.17, 15) is 0 Å². The van der Waals surface area contributed by atoms with Gasteiger partial charge in [0.1, 0.15) is 18.0 Å². The Labute approximate surface area is 118 Å². The number of nitrogens with zero attached hydrogens (tertiary/aromatic N) is 3. The van der Waals surface area contributed by atoms with Gasteiger partial charge in [-0.15, -0.1) is 0 Å². The molecule has 0 amide bonds. The first-order valence-electron chi connectivity index (χ1n) is 7.45. The van der Waals surface area contributed by atoms with Crippen LogP contribution in [0.3, 0.4) is 0 Å². The largest absolute Gasteiger partial charge is 0.378 e. The molecule has 6 nitrogen and oxygen atoms in total. The molecule has 2 N–H and O–H groups in total. The summed E-state index contributed by atoms with van der Waals surface area (Å²) in [6.07, 6.45) is 4.18. The SMILES string of the molecule is c1nc(NC2CC3(CNC3)C2)cc(N2CCOCC2)n1. The summed E-state index contributed by atoms with van der Waals surface area (Å²) in [6, 6.07) is 2.64. The minimum atomic E-state index is 0.574. The van der Waals surface area contributed by atoms with Gasteiger partial charge in [0.25, 0.3) is 0 Å². The van der Waals surface area contributed by atoms with E-state index in [-0.39, 0.29) is 0 Å². The maximum Gasteiger partial charge on any atom is 0.134 e. The lowest BCUT2D eigenvalue weighted by molar-refractivity contribution is 0.0469. The van der Waals surface area contributed by atoms with Gasteiger partial charge in [-0.25, -0.2) is 9.97 Å². The third-order valence-corrected chi connectivity index (χ3v) is 4.70. The van der Waals surface area contributed by atoms with Crippen LogP contribution in [0.2, 0.25) is 0 Å². The normalized spacial score (nSPS) is 25.1. The van der Waals surface area contributed by atoms with Gasteiger partial charge >= 0.3 is 0 Å². The second-order valence-corrected chi connectivity index (χ2v) is 6.21. The van der Waals surface area contributed by atoms with Crippen LogP contribution in [0.5, 0.6) is 0 Å². The van der Waals surface area contributed by atoms with Crippen molar-refractivity contribution in [1.82, 2.24) is 15.3 Å². The van der Waals surface area contributed by atoms with Crippen LogP contribution in [-0.4, -0.2) is 55.4 Å². The lowest BCUT2D eigenvalue weighted by Gasteiger charge is -2.54. The fourth-order valence-corrected chi connectivity index (χ4v) is 3.46. The number of ether oxygens (including phenoxy) is 1. The smallest absolute Gasteiger partial charge is 0.134 e. The van der Waals surface area contributed by atoms with Crippen molar-refractivity contribution in [3.8, 4) is 0 Å². The van der Waals surface area contributed by atoms with Crippen LogP contribution >= 0.6 is 0 Å². The zero-order valence-corrected chi connectivity index (χ0v) is 11.6. The number of nitrogens with one attached hydrogen (secondary N) is 2. The maximum absolute atomic E-state index is 5.38. The average molecular weight is 275 g/mol. The number of rotatable bonds is 3. The first-order valence-corrected chi connectivity index (χ1v) is 7.45. The zero-order valence-electron chi connectivity index (χ0n) is 11.6. The van der Waals surface area contributed by atoms with E-state index in [2.05, 4.69) is 31.6 Å². The van der Waals surface area contributed by atoms with Gasteiger partial charge in [-0.2, -0.15) is 0 Å². The van der Waals surface area contributed by atoms with Gasteiger partial charge in [0.05, 0.1) is 13.2 Å². The summed E-state index contributed by atoms with van der Waals surface area (Å²) in [5.74, 6) is 1.96. The van der Waals surface area contributed by atoms with Gasteiger partial charge in [0.15, 0.2) is 0 Å². The summed E-state index contributed by atoms with van der Waals surface area (Å²) in [5, 5.41) is 6.91. The van der Waals surface area contributed by atoms with Crippen LogP contribution in [0.4, 0.5) is 11.6 Å². The fraction of sp³-hybridized carbons (Fsp3) is 0.714. The number of hydrogen-bond acceptors (Lipinski definition) is 6. The molecule has 0 bridgehead atoms. The second-order valence-electron chi connectivity index (χ2n) is 6.21. The summed E-state index contributed by atoms with van der Waals surface area (Å²) in [5.41, 5.74) is 0.595. The van der Waals surface area contributed by atoms with Crippen molar-refractivity contribution >= 4 is 11.6 Å². The molecule has 1 aliphatic carbocycles. The highest BCUT2D eigenvalue weighted by Crippen LogP contribution is 2.45. The Balaban J connectivity index is 1.38. The Bertz CT molecular complexity index is 476. The summed E-state index contributed by atoms with van der Waals surface area (Å²) in [4.78, 5) is 11.0. The number of hydrogen-bond donors (Lipinski definition) is 2. The Morgan fingerprint density at radius 1 is 1.25 bits per heavy atom. The minimum Gasteiger partial charge on any atom is -0.378 e. The van der Waals surface area contributed by atoms with Crippen LogP contribution in [0, 0.1) is 5.41 Å². The summed E-state index contributed by atoms with van der Waals surface area (Å²) < 4.78 is 5.38. The van der Waals surface area contributed by atoms with E-state index in [0.29, 0.717) is 11.5 Å². The fourth-order valence-electron chi connectivity index (χ4n) is 3.46. The van der Waals surface area contributed by atoms with Crippen molar-refractivity contribution in [1.29, 1.82) is 0 Å². The molecule has 108 valence electrons. The van der Waals surface area contributed by atoms with E-state index in [4.69, 9.17) is 4.74 Å². The molecule has 0 radical (unpaired) electrons. The first-order chi connectivity index (χ1) is 9.83. The maximum atomic E-state index is 5.38. The Morgan fingerprint density at radius 3 is 2.75 bits per heavy atom. The van der Waals surface area contributed by atoms with Gasteiger partial charge in [-0.1, -0.05) is 0 Å².